The van der Waals surface area contributed by atoms with Gasteiger partial charge in [0.25, 0.3) is 0 Å². The number of hydrogen-bond acceptors (Lipinski definition) is 5. The molecule has 3 aromatic rings. The lowest BCUT2D eigenvalue weighted by Gasteiger charge is -2.11. The van der Waals surface area contributed by atoms with Gasteiger partial charge >= 0.3 is 0 Å². The van der Waals surface area contributed by atoms with Crippen LogP contribution in [0.2, 0.25) is 5.28 Å². The molecule has 7 heteroatoms. The SMILES string of the molecule is COc1cc2c(NCc3cccnc3)nc(Cl)nc2cc1I. The van der Waals surface area contributed by atoms with E-state index in [9.17, 15) is 0 Å². The van der Waals surface area contributed by atoms with E-state index in [2.05, 4.69) is 42.9 Å². The number of ether oxygens (including phenoxy) is 1. The van der Waals surface area contributed by atoms with Crippen molar-refractivity contribution in [3.8, 4) is 5.75 Å². The van der Waals surface area contributed by atoms with Crippen LogP contribution in [0.25, 0.3) is 10.9 Å². The first-order chi connectivity index (χ1) is 10.7. The van der Waals surface area contributed by atoms with Crippen LogP contribution in [0.3, 0.4) is 0 Å². The summed E-state index contributed by atoms with van der Waals surface area (Å²) in [4.78, 5) is 12.7. The number of hydrogen-bond donors (Lipinski definition) is 1. The van der Waals surface area contributed by atoms with E-state index in [4.69, 9.17) is 16.3 Å². The standard InChI is InChI=1S/C15H12ClIN4O/c1-22-13-5-10-12(6-11(13)17)20-15(16)21-14(10)19-8-9-3-2-4-18-7-9/h2-7H,8H2,1H3,(H,19,20,21). The maximum atomic E-state index is 6.02. The first-order valence-electron chi connectivity index (χ1n) is 6.51. The Morgan fingerprint density at radius 1 is 1.32 bits per heavy atom. The number of pyridine rings is 1. The van der Waals surface area contributed by atoms with E-state index in [1.54, 1.807) is 13.3 Å². The maximum Gasteiger partial charge on any atom is 0.224 e. The van der Waals surface area contributed by atoms with E-state index in [0.717, 1.165) is 25.8 Å². The van der Waals surface area contributed by atoms with Crippen LogP contribution in [0.4, 0.5) is 5.82 Å². The lowest BCUT2D eigenvalue weighted by molar-refractivity contribution is 0.412. The molecule has 0 amide bonds. The van der Waals surface area contributed by atoms with E-state index in [0.29, 0.717) is 12.4 Å². The van der Waals surface area contributed by atoms with Crippen molar-refractivity contribution in [2.24, 2.45) is 0 Å². The Labute approximate surface area is 146 Å². The predicted molar refractivity (Wildman–Crippen MR) is 95.4 cm³/mol. The van der Waals surface area contributed by atoms with Crippen LogP contribution >= 0.6 is 34.2 Å². The summed E-state index contributed by atoms with van der Waals surface area (Å²) in [7, 11) is 1.64. The number of benzene rings is 1. The number of nitrogens with one attached hydrogen (secondary N) is 1. The molecule has 112 valence electrons. The second kappa shape index (κ2) is 6.62. The van der Waals surface area contributed by atoms with Gasteiger partial charge in [-0.05, 0) is 58.0 Å². The fraction of sp³-hybridized carbons (Fsp3) is 0.133. The van der Waals surface area contributed by atoms with Crippen LogP contribution in [0.1, 0.15) is 5.56 Å². The molecule has 2 aromatic heterocycles. The molecule has 2 heterocycles. The van der Waals surface area contributed by atoms with E-state index >= 15 is 0 Å². The molecule has 0 saturated heterocycles. The van der Waals surface area contributed by atoms with Crippen molar-refractivity contribution >= 4 is 50.9 Å². The van der Waals surface area contributed by atoms with E-state index < -0.39 is 0 Å². The second-order valence-electron chi connectivity index (χ2n) is 4.56. The maximum absolute atomic E-state index is 6.02. The fourth-order valence-corrected chi connectivity index (χ4v) is 2.93. The lowest BCUT2D eigenvalue weighted by atomic mass is 10.2. The van der Waals surface area contributed by atoms with Gasteiger partial charge in [-0.15, -0.1) is 0 Å². The minimum atomic E-state index is 0.210. The predicted octanol–water partition coefficient (Wildman–Crippen LogP) is 3.90. The van der Waals surface area contributed by atoms with E-state index in [1.165, 1.54) is 0 Å². The van der Waals surface area contributed by atoms with Gasteiger partial charge in [-0.25, -0.2) is 9.97 Å². The van der Waals surface area contributed by atoms with Crippen LogP contribution in [-0.4, -0.2) is 22.1 Å². The summed E-state index contributed by atoms with van der Waals surface area (Å²) in [5, 5.41) is 4.36. The van der Waals surface area contributed by atoms with Gasteiger partial charge in [-0.3, -0.25) is 4.98 Å². The second-order valence-corrected chi connectivity index (χ2v) is 6.06. The van der Waals surface area contributed by atoms with Gasteiger partial charge in [0.05, 0.1) is 16.2 Å². The number of aromatic nitrogens is 3. The van der Waals surface area contributed by atoms with Gasteiger partial charge in [-0.1, -0.05) is 6.07 Å². The molecular formula is C15H12ClIN4O. The molecule has 0 fully saturated rings. The summed E-state index contributed by atoms with van der Waals surface area (Å²) in [6, 6.07) is 7.73. The average Bonchev–Trinajstić information content (AvgIpc) is 2.53. The molecular weight excluding hydrogens is 415 g/mol. The highest BCUT2D eigenvalue weighted by atomic mass is 127. The number of fused-ring (bicyclic) bond motifs is 1. The molecule has 0 aliphatic rings. The fourth-order valence-electron chi connectivity index (χ4n) is 2.08. The summed E-state index contributed by atoms with van der Waals surface area (Å²) in [5.41, 5.74) is 1.83. The first-order valence-corrected chi connectivity index (χ1v) is 7.96. The smallest absolute Gasteiger partial charge is 0.224 e. The minimum absolute atomic E-state index is 0.210. The van der Waals surface area contributed by atoms with Gasteiger partial charge in [0, 0.05) is 24.3 Å². The lowest BCUT2D eigenvalue weighted by Crippen LogP contribution is -2.04. The quantitative estimate of drug-likeness (QED) is 0.506. The van der Waals surface area contributed by atoms with Gasteiger partial charge in [0.1, 0.15) is 11.6 Å². The number of nitrogens with zero attached hydrogens (tertiary/aromatic N) is 3. The van der Waals surface area contributed by atoms with Crippen LogP contribution in [0, 0.1) is 3.57 Å². The highest BCUT2D eigenvalue weighted by molar-refractivity contribution is 14.1. The third kappa shape index (κ3) is 3.22. The van der Waals surface area contributed by atoms with Crippen molar-refractivity contribution in [3.05, 3.63) is 51.1 Å². The van der Waals surface area contributed by atoms with Crippen molar-refractivity contribution in [1.82, 2.24) is 15.0 Å². The molecule has 0 unspecified atom stereocenters. The Bertz CT molecular complexity index is 813. The Morgan fingerprint density at radius 2 is 2.18 bits per heavy atom. The molecule has 0 saturated carbocycles. The number of halogens is 2. The summed E-state index contributed by atoms with van der Waals surface area (Å²) < 4.78 is 6.34. The molecule has 5 nitrogen and oxygen atoms in total. The van der Waals surface area contributed by atoms with Crippen molar-refractivity contribution in [1.29, 1.82) is 0 Å². The van der Waals surface area contributed by atoms with Crippen LogP contribution in [0.15, 0.2) is 36.7 Å². The number of methoxy groups -OCH3 is 1. The molecule has 22 heavy (non-hydrogen) atoms. The summed E-state index contributed by atoms with van der Waals surface area (Å²) in [6.45, 7) is 0.602. The normalized spacial score (nSPS) is 10.7. The minimum Gasteiger partial charge on any atom is -0.496 e. The van der Waals surface area contributed by atoms with Gasteiger partial charge < -0.3 is 10.1 Å². The summed E-state index contributed by atoms with van der Waals surface area (Å²) >= 11 is 8.23. The summed E-state index contributed by atoms with van der Waals surface area (Å²) in [5.74, 6) is 1.46. The van der Waals surface area contributed by atoms with Crippen molar-refractivity contribution in [2.75, 3.05) is 12.4 Å². The third-order valence-electron chi connectivity index (χ3n) is 3.12. The van der Waals surface area contributed by atoms with E-state index in [-0.39, 0.29) is 5.28 Å². The summed E-state index contributed by atoms with van der Waals surface area (Å²) in [6.07, 6.45) is 3.55. The molecule has 0 radical (unpaired) electrons. The molecule has 0 bridgehead atoms. The van der Waals surface area contributed by atoms with Gasteiger partial charge in [0.15, 0.2) is 0 Å². The first kappa shape index (κ1) is 15.2. The average molecular weight is 427 g/mol. The zero-order valence-electron chi connectivity index (χ0n) is 11.7. The van der Waals surface area contributed by atoms with Crippen LogP contribution < -0.4 is 10.1 Å². The molecule has 0 aliphatic carbocycles. The Balaban J connectivity index is 2.00. The molecule has 1 N–H and O–H groups in total. The zero-order valence-corrected chi connectivity index (χ0v) is 14.6. The third-order valence-corrected chi connectivity index (χ3v) is 4.14. The Hall–Kier alpha value is -1.67. The van der Waals surface area contributed by atoms with Crippen LogP contribution in [-0.2, 0) is 6.54 Å². The molecule has 0 aliphatic heterocycles. The molecule has 0 atom stereocenters. The topological polar surface area (TPSA) is 59.9 Å². The van der Waals surface area contributed by atoms with Crippen molar-refractivity contribution in [2.45, 2.75) is 6.54 Å². The molecule has 3 rings (SSSR count). The van der Waals surface area contributed by atoms with Crippen LogP contribution in [0.5, 0.6) is 5.75 Å². The highest BCUT2D eigenvalue weighted by Crippen LogP contribution is 2.30. The van der Waals surface area contributed by atoms with E-state index in [1.807, 2.05) is 30.5 Å². The van der Waals surface area contributed by atoms with Crippen molar-refractivity contribution < 1.29 is 4.74 Å². The Kier molecular flexibility index (Phi) is 4.58. The monoisotopic (exact) mass is 426 g/mol. The molecule has 0 spiro atoms. The highest BCUT2D eigenvalue weighted by Gasteiger charge is 2.11. The Morgan fingerprint density at radius 3 is 2.91 bits per heavy atom. The molecule has 1 aromatic carbocycles. The number of anilines is 1. The van der Waals surface area contributed by atoms with Crippen molar-refractivity contribution in [3.63, 3.8) is 0 Å². The van der Waals surface area contributed by atoms with Gasteiger partial charge in [-0.2, -0.15) is 0 Å². The van der Waals surface area contributed by atoms with Gasteiger partial charge in [0.2, 0.25) is 5.28 Å². The zero-order chi connectivity index (χ0) is 15.5. The largest absolute Gasteiger partial charge is 0.496 e. The number of rotatable bonds is 4.